The molecule has 3 rings (SSSR count). The van der Waals surface area contributed by atoms with E-state index in [0.29, 0.717) is 26.1 Å². The van der Waals surface area contributed by atoms with E-state index in [2.05, 4.69) is 20.6 Å². The molecule has 0 atom stereocenters. The van der Waals surface area contributed by atoms with Gasteiger partial charge in [-0.25, -0.2) is 9.78 Å². The average molecular weight is 329 g/mol. The summed E-state index contributed by atoms with van der Waals surface area (Å²) in [6.45, 7) is 3.41. The number of carbonyl (C=O) groups is 2. The molecule has 0 saturated carbocycles. The fourth-order valence-electron chi connectivity index (χ4n) is 3.04. The van der Waals surface area contributed by atoms with E-state index in [-0.39, 0.29) is 18.0 Å². The Morgan fingerprint density at radius 1 is 1.29 bits per heavy atom. The van der Waals surface area contributed by atoms with Crippen LogP contribution in [-0.4, -0.2) is 52.5 Å². The van der Waals surface area contributed by atoms with Gasteiger partial charge < -0.3 is 20.5 Å². The van der Waals surface area contributed by atoms with Crippen LogP contribution in [0.3, 0.4) is 0 Å². The first kappa shape index (κ1) is 16.3. The molecule has 7 nitrogen and oxygen atoms in total. The fourth-order valence-corrected chi connectivity index (χ4v) is 3.04. The van der Waals surface area contributed by atoms with Crippen LogP contribution in [0.2, 0.25) is 0 Å². The number of H-pyrrole nitrogens is 1. The van der Waals surface area contributed by atoms with Crippen molar-refractivity contribution in [2.45, 2.75) is 32.2 Å². The highest BCUT2D eigenvalue weighted by molar-refractivity contribution is 5.75. The van der Waals surface area contributed by atoms with Crippen molar-refractivity contribution < 1.29 is 9.59 Å². The van der Waals surface area contributed by atoms with E-state index in [1.165, 1.54) is 6.92 Å². The van der Waals surface area contributed by atoms with E-state index in [1.807, 2.05) is 24.3 Å². The van der Waals surface area contributed by atoms with E-state index in [0.717, 1.165) is 29.7 Å². The lowest BCUT2D eigenvalue weighted by Crippen LogP contribution is -2.49. The summed E-state index contributed by atoms with van der Waals surface area (Å²) in [4.78, 5) is 32.8. The molecule has 2 heterocycles. The third-order valence-corrected chi connectivity index (χ3v) is 4.27. The van der Waals surface area contributed by atoms with Gasteiger partial charge in [0.2, 0.25) is 5.91 Å². The van der Waals surface area contributed by atoms with Crippen molar-refractivity contribution in [2.75, 3.05) is 19.6 Å². The summed E-state index contributed by atoms with van der Waals surface area (Å²) >= 11 is 0. The largest absolute Gasteiger partial charge is 0.353 e. The number of urea groups is 1. The zero-order valence-corrected chi connectivity index (χ0v) is 13.8. The SMILES string of the molecule is CC(=O)NC1CCN(C(=O)NCCc2nc3ccccc3[nH]2)CC1. The molecule has 7 heteroatoms. The number of nitrogens with zero attached hydrogens (tertiary/aromatic N) is 2. The molecule has 24 heavy (non-hydrogen) atoms. The molecule has 1 saturated heterocycles. The van der Waals surface area contributed by atoms with Gasteiger partial charge in [0, 0.05) is 39.0 Å². The van der Waals surface area contributed by atoms with Crippen LogP contribution in [0.25, 0.3) is 11.0 Å². The minimum Gasteiger partial charge on any atom is -0.353 e. The number of imidazole rings is 1. The third kappa shape index (κ3) is 4.04. The lowest BCUT2D eigenvalue weighted by Gasteiger charge is -2.32. The van der Waals surface area contributed by atoms with Crippen LogP contribution in [0.4, 0.5) is 4.79 Å². The number of rotatable bonds is 4. The molecule has 1 aromatic carbocycles. The standard InChI is InChI=1S/C17H23N5O2/c1-12(23)19-13-7-10-22(11-8-13)17(24)18-9-6-16-20-14-4-2-3-5-15(14)21-16/h2-5,13H,6-11H2,1H3,(H,18,24)(H,19,23)(H,20,21). The molecule has 0 bridgehead atoms. The first-order valence-electron chi connectivity index (χ1n) is 8.35. The number of para-hydroxylation sites is 2. The maximum atomic E-state index is 12.2. The van der Waals surface area contributed by atoms with Crippen LogP contribution in [0, 0.1) is 0 Å². The van der Waals surface area contributed by atoms with Crippen molar-refractivity contribution in [3.05, 3.63) is 30.1 Å². The highest BCUT2D eigenvalue weighted by Gasteiger charge is 2.22. The van der Waals surface area contributed by atoms with E-state index >= 15 is 0 Å². The van der Waals surface area contributed by atoms with Crippen molar-refractivity contribution in [3.8, 4) is 0 Å². The molecule has 3 N–H and O–H groups in total. The van der Waals surface area contributed by atoms with Gasteiger partial charge in [0.05, 0.1) is 11.0 Å². The van der Waals surface area contributed by atoms with Gasteiger partial charge in [-0.2, -0.15) is 0 Å². The molecular formula is C17H23N5O2. The topological polar surface area (TPSA) is 90.1 Å². The quantitative estimate of drug-likeness (QED) is 0.792. The second kappa shape index (κ2) is 7.33. The van der Waals surface area contributed by atoms with Gasteiger partial charge in [-0.15, -0.1) is 0 Å². The summed E-state index contributed by atoms with van der Waals surface area (Å²) in [6.07, 6.45) is 2.27. The van der Waals surface area contributed by atoms with Crippen LogP contribution < -0.4 is 10.6 Å². The van der Waals surface area contributed by atoms with Gasteiger partial charge in [-0.1, -0.05) is 12.1 Å². The summed E-state index contributed by atoms with van der Waals surface area (Å²) in [5, 5.41) is 5.85. The van der Waals surface area contributed by atoms with Crippen molar-refractivity contribution >= 4 is 23.0 Å². The number of piperidine rings is 1. The Labute approximate surface area is 140 Å². The van der Waals surface area contributed by atoms with Crippen LogP contribution in [0.5, 0.6) is 0 Å². The highest BCUT2D eigenvalue weighted by Crippen LogP contribution is 2.11. The Kier molecular flexibility index (Phi) is 4.98. The van der Waals surface area contributed by atoms with E-state index in [4.69, 9.17) is 0 Å². The van der Waals surface area contributed by atoms with Gasteiger partial charge in [-0.3, -0.25) is 4.79 Å². The van der Waals surface area contributed by atoms with Crippen LogP contribution >= 0.6 is 0 Å². The normalized spacial score (nSPS) is 15.5. The lowest BCUT2D eigenvalue weighted by atomic mass is 10.1. The highest BCUT2D eigenvalue weighted by atomic mass is 16.2. The maximum absolute atomic E-state index is 12.2. The zero-order chi connectivity index (χ0) is 16.9. The van der Waals surface area contributed by atoms with E-state index in [9.17, 15) is 9.59 Å². The second-order valence-electron chi connectivity index (χ2n) is 6.14. The fraction of sp³-hybridized carbons (Fsp3) is 0.471. The summed E-state index contributed by atoms with van der Waals surface area (Å²) < 4.78 is 0. The molecule has 0 spiro atoms. The Morgan fingerprint density at radius 3 is 2.75 bits per heavy atom. The molecule has 1 fully saturated rings. The molecule has 128 valence electrons. The molecule has 2 aromatic rings. The third-order valence-electron chi connectivity index (χ3n) is 4.27. The van der Waals surface area contributed by atoms with E-state index < -0.39 is 0 Å². The predicted octanol–water partition coefficient (Wildman–Crippen LogP) is 1.42. The van der Waals surface area contributed by atoms with Gasteiger partial charge in [0.15, 0.2) is 0 Å². The average Bonchev–Trinajstić information content (AvgIpc) is 2.97. The van der Waals surface area contributed by atoms with Gasteiger partial charge in [0.25, 0.3) is 0 Å². The number of benzene rings is 1. The molecule has 1 aliphatic rings. The van der Waals surface area contributed by atoms with Crippen LogP contribution in [0.1, 0.15) is 25.6 Å². The van der Waals surface area contributed by atoms with Gasteiger partial charge in [0.1, 0.15) is 5.82 Å². The first-order valence-corrected chi connectivity index (χ1v) is 8.35. The smallest absolute Gasteiger partial charge is 0.317 e. The number of aromatic nitrogens is 2. The second-order valence-corrected chi connectivity index (χ2v) is 6.14. The summed E-state index contributed by atoms with van der Waals surface area (Å²) in [6, 6.07) is 8.02. The number of amides is 3. The number of hydrogen-bond donors (Lipinski definition) is 3. The van der Waals surface area contributed by atoms with Gasteiger partial charge >= 0.3 is 6.03 Å². The molecule has 3 amide bonds. The Balaban J connectivity index is 1.42. The Hall–Kier alpha value is -2.57. The predicted molar refractivity (Wildman–Crippen MR) is 91.6 cm³/mol. The summed E-state index contributed by atoms with van der Waals surface area (Å²) in [7, 11) is 0. The molecule has 0 radical (unpaired) electrons. The first-order chi connectivity index (χ1) is 11.6. The molecule has 0 unspecified atom stereocenters. The summed E-state index contributed by atoms with van der Waals surface area (Å²) in [5.41, 5.74) is 1.96. The number of nitrogens with one attached hydrogen (secondary N) is 3. The van der Waals surface area contributed by atoms with E-state index in [1.54, 1.807) is 4.90 Å². The monoisotopic (exact) mass is 329 g/mol. The minimum atomic E-state index is -0.0487. The lowest BCUT2D eigenvalue weighted by molar-refractivity contribution is -0.119. The number of likely N-dealkylation sites (tertiary alicyclic amines) is 1. The zero-order valence-electron chi connectivity index (χ0n) is 13.8. The molecular weight excluding hydrogens is 306 g/mol. The van der Waals surface area contributed by atoms with Crippen molar-refractivity contribution in [1.82, 2.24) is 25.5 Å². The van der Waals surface area contributed by atoms with Crippen molar-refractivity contribution in [2.24, 2.45) is 0 Å². The maximum Gasteiger partial charge on any atom is 0.317 e. The Bertz CT molecular complexity index is 686. The van der Waals surface area contributed by atoms with Crippen molar-refractivity contribution in [3.63, 3.8) is 0 Å². The molecule has 1 aliphatic heterocycles. The Morgan fingerprint density at radius 2 is 2.04 bits per heavy atom. The number of aromatic amines is 1. The number of hydrogen-bond acceptors (Lipinski definition) is 3. The summed E-state index contributed by atoms with van der Waals surface area (Å²) in [5.74, 6) is 0.865. The minimum absolute atomic E-state index is 0.0104. The molecule has 0 aliphatic carbocycles. The van der Waals surface area contributed by atoms with Gasteiger partial charge in [-0.05, 0) is 25.0 Å². The van der Waals surface area contributed by atoms with Crippen LogP contribution in [-0.2, 0) is 11.2 Å². The number of fused-ring (bicyclic) bond motifs is 1. The molecule has 1 aromatic heterocycles. The van der Waals surface area contributed by atoms with Crippen LogP contribution in [0.15, 0.2) is 24.3 Å². The number of carbonyl (C=O) groups excluding carboxylic acids is 2. The van der Waals surface area contributed by atoms with Crippen molar-refractivity contribution in [1.29, 1.82) is 0 Å².